The number of benzene rings is 1. The topological polar surface area (TPSA) is 157 Å². The summed E-state index contributed by atoms with van der Waals surface area (Å²) in [6, 6.07) is 5.65. The van der Waals surface area contributed by atoms with Gasteiger partial charge < -0.3 is 40.3 Å². The van der Waals surface area contributed by atoms with E-state index in [2.05, 4.69) is 4.90 Å². The maximum absolute atomic E-state index is 11.1. The molecule has 0 spiro atoms. The maximum atomic E-state index is 11.1. The van der Waals surface area contributed by atoms with Crippen molar-refractivity contribution < 1.29 is 57.2 Å². The van der Waals surface area contributed by atoms with Gasteiger partial charge in [-0.3, -0.25) is 9.80 Å². The summed E-state index contributed by atoms with van der Waals surface area (Å²) in [5.41, 5.74) is 1.20. The maximum Gasteiger partial charge on any atom is 4.00 e. The predicted octanol–water partition coefficient (Wildman–Crippen LogP) is -1.61. The van der Waals surface area contributed by atoms with Gasteiger partial charge in [0, 0.05) is 38.8 Å². The molecule has 1 heterocycles. The van der Waals surface area contributed by atoms with Gasteiger partial charge in [-0.05, 0) is 30.8 Å². The zero-order valence-corrected chi connectivity index (χ0v) is 21.1. The molecule has 2 rings (SSSR count). The van der Waals surface area contributed by atoms with Gasteiger partial charge in [0.15, 0.2) is 0 Å². The van der Waals surface area contributed by atoms with E-state index in [1.807, 2.05) is 11.8 Å². The number of hydrogen-bond acceptors (Lipinski definition) is 10. The first-order valence-electron chi connectivity index (χ1n) is 11.5. The van der Waals surface area contributed by atoms with E-state index in [1.54, 1.807) is 29.2 Å². The molecule has 0 unspecified atom stereocenters. The van der Waals surface area contributed by atoms with Crippen LogP contribution in [0.15, 0.2) is 24.3 Å². The molecule has 0 bridgehead atoms. The fraction of sp³-hybridized carbons (Fsp3) is 0.652. The van der Waals surface area contributed by atoms with Gasteiger partial charge in [0.2, 0.25) is 0 Å². The van der Waals surface area contributed by atoms with Gasteiger partial charge in [0.1, 0.15) is 0 Å². The second-order valence-electron chi connectivity index (χ2n) is 8.40. The molecule has 1 saturated heterocycles. The van der Waals surface area contributed by atoms with Crippen molar-refractivity contribution in [3.63, 3.8) is 0 Å². The van der Waals surface area contributed by atoms with Crippen LogP contribution in [0.5, 0.6) is 0 Å². The smallest absolute Gasteiger partial charge is 0.536 e. The van der Waals surface area contributed by atoms with Crippen LogP contribution in [-0.2, 0) is 28.4 Å². The first kappa shape index (κ1) is 31.9. The number of carboxylic acids is 1. The van der Waals surface area contributed by atoms with E-state index < -0.39 is 30.8 Å². The standard InChI is InChI=1S/C23H38N3O8.Fe/c1-2-24(11-17-3-5-18(6-4-17)23(32)33)7-8-25(19(12-27)21(30)13-28)9-10-26-16-34-15-20(26)22(31)14-29;/h3-6,16,19-22,27-31H,2,7-15H2,1H3,(H,32,33);/q-1;+4/t19-,20-,21-,22-;/m1./s1. The van der Waals surface area contributed by atoms with Crippen molar-refractivity contribution >= 4 is 5.97 Å². The van der Waals surface area contributed by atoms with Crippen LogP contribution >= 0.6 is 0 Å². The summed E-state index contributed by atoms with van der Waals surface area (Å²) in [6.07, 6.45) is -2.08. The number of ether oxygens (including phenoxy) is 1. The third-order valence-electron chi connectivity index (χ3n) is 6.22. The van der Waals surface area contributed by atoms with Gasteiger partial charge in [-0.15, -0.1) is 6.73 Å². The van der Waals surface area contributed by atoms with Crippen molar-refractivity contribution in [3.05, 3.63) is 42.1 Å². The molecule has 0 aliphatic carbocycles. The molecule has 11 nitrogen and oxygen atoms in total. The summed E-state index contributed by atoms with van der Waals surface area (Å²) in [5.74, 6) is -0.971. The largest absolute Gasteiger partial charge is 4.00 e. The summed E-state index contributed by atoms with van der Waals surface area (Å²) in [5, 5.41) is 58.0. The molecular weight excluding hydrogens is 502 g/mol. The molecule has 1 aliphatic rings. The van der Waals surface area contributed by atoms with Crippen LogP contribution < -0.4 is 0 Å². The van der Waals surface area contributed by atoms with Crippen molar-refractivity contribution in [2.45, 2.75) is 37.8 Å². The van der Waals surface area contributed by atoms with E-state index in [1.165, 1.54) is 6.73 Å². The molecule has 6 N–H and O–H groups in total. The van der Waals surface area contributed by atoms with Gasteiger partial charge >= 0.3 is 23.0 Å². The van der Waals surface area contributed by atoms with E-state index >= 15 is 0 Å². The van der Waals surface area contributed by atoms with Crippen LogP contribution in [-0.4, -0.2) is 135 Å². The average Bonchev–Trinajstić information content (AvgIpc) is 3.32. The van der Waals surface area contributed by atoms with Gasteiger partial charge in [-0.2, -0.15) is 0 Å². The molecule has 0 saturated carbocycles. The minimum atomic E-state index is -1.12. The zero-order valence-electron chi connectivity index (χ0n) is 20.0. The Morgan fingerprint density at radius 1 is 1.11 bits per heavy atom. The van der Waals surface area contributed by atoms with Gasteiger partial charge in [-0.1, -0.05) is 19.1 Å². The Hall–Kier alpha value is -1.15. The molecule has 1 aliphatic heterocycles. The second kappa shape index (κ2) is 16.6. The Labute approximate surface area is 217 Å². The van der Waals surface area contributed by atoms with Crippen molar-refractivity contribution in [1.29, 1.82) is 0 Å². The van der Waals surface area contributed by atoms with Crippen molar-refractivity contribution in [1.82, 2.24) is 14.7 Å². The molecule has 1 aromatic rings. The fourth-order valence-electron chi connectivity index (χ4n) is 4.00. The van der Waals surface area contributed by atoms with Gasteiger partial charge in [0.05, 0.1) is 43.6 Å². The zero-order chi connectivity index (χ0) is 25.1. The first-order valence-corrected chi connectivity index (χ1v) is 11.5. The Morgan fingerprint density at radius 3 is 2.34 bits per heavy atom. The van der Waals surface area contributed by atoms with Crippen LogP contribution in [0.4, 0.5) is 0 Å². The summed E-state index contributed by atoms with van der Waals surface area (Å²) in [4.78, 5) is 16.9. The first-order chi connectivity index (χ1) is 16.3. The summed E-state index contributed by atoms with van der Waals surface area (Å²) in [6.45, 7) is 5.86. The Kier molecular flexibility index (Phi) is 15.1. The third-order valence-corrected chi connectivity index (χ3v) is 6.22. The number of aromatic carboxylic acids is 1. The van der Waals surface area contributed by atoms with Crippen LogP contribution in [0.3, 0.4) is 0 Å². The molecule has 12 heteroatoms. The number of aliphatic hydroxyl groups excluding tert-OH is 5. The monoisotopic (exact) mass is 540 g/mol. The third kappa shape index (κ3) is 9.67. The quantitative estimate of drug-likeness (QED) is 0.106. The predicted molar refractivity (Wildman–Crippen MR) is 124 cm³/mol. The van der Waals surface area contributed by atoms with Crippen LogP contribution in [0.1, 0.15) is 22.8 Å². The number of hydrogen-bond donors (Lipinski definition) is 6. The Bertz CT molecular complexity index is 729. The minimum Gasteiger partial charge on any atom is -0.536 e. The second-order valence-corrected chi connectivity index (χ2v) is 8.40. The SMILES string of the molecule is CCN(CCN(CCN1[CH-]OC[C@@H]1[C@H](O)CO)[C@H](CO)[C@H](O)CO)Cc1ccc(C(=O)O)cc1.[Fe+4]. The normalized spacial score (nSPS) is 19.0. The van der Waals surface area contributed by atoms with E-state index in [4.69, 9.17) is 9.84 Å². The summed E-state index contributed by atoms with van der Waals surface area (Å²) >= 11 is 0. The summed E-state index contributed by atoms with van der Waals surface area (Å²) in [7, 11) is 0. The van der Waals surface area contributed by atoms with E-state index in [0.717, 1.165) is 12.1 Å². The average molecular weight is 540 g/mol. The molecule has 4 atom stereocenters. The van der Waals surface area contributed by atoms with Crippen molar-refractivity contribution in [3.8, 4) is 0 Å². The number of carbonyl (C=O) groups is 1. The molecule has 1 aromatic carbocycles. The molecule has 198 valence electrons. The number of rotatable bonds is 16. The van der Waals surface area contributed by atoms with Crippen molar-refractivity contribution in [2.24, 2.45) is 0 Å². The van der Waals surface area contributed by atoms with Crippen LogP contribution in [0, 0.1) is 6.73 Å². The molecule has 0 amide bonds. The minimum absolute atomic E-state index is 0. The van der Waals surface area contributed by atoms with Gasteiger partial charge in [0.25, 0.3) is 0 Å². The molecule has 35 heavy (non-hydrogen) atoms. The fourth-order valence-corrected chi connectivity index (χ4v) is 4.00. The number of carboxylic acid groups (broad SMARTS) is 1. The Balaban J connectivity index is 0.00000612. The summed E-state index contributed by atoms with van der Waals surface area (Å²) < 4.78 is 5.31. The number of nitrogens with zero attached hydrogens (tertiary/aromatic N) is 3. The van der Waals surface area contributed by atoms with Crippen LogP contribution in [0.2, 0.25) is 0 Å². The van der Waals surface area contributed by atoms with Crippen molar-refractivity contribution in [2.75, 3.05) is 59.2 Å². The molecular formula is C23H38FeN3O8+3. The van der Waals surface area contributed by atoms with Crippen LogP contribution in [0.25, 0.3) is 0 Å². The number of likely N-dealkylation sites (N-methyl/N-ethyl adjacent to an activating group) is 1. The van der Waals surface area contributed by atoms with Gasteiger partial charge in [-0.25, -0.2) is 4.79 Å². The van der Waals surface area contributed by atoms with E-state index in [-0.39, 0.29) is 48.5 Å². The number of aliphatic hydroxyl groups is 5. The van der Waals surface area contributed by atoms with E-state index in [9.17, 15) is 30.3 Å². The van der Waals surface area contributed by atoms with E-state index in [0.29, 0.717) is 32.7 Å². The molecule has 1 fully saturated rings. The molecule has 0 radical (unpaired) electrons. The molecule has 0 aromatic heterocycles. The Morgan fingerprint density at radius 2 is 1.80 bits per heavy atom.